The Bertz CT molecular complexity index is 808. The first kappa shape index (κ1) is 14.7. The Hall–Kier alpha value is -1.91. The van der Waals surface area contributed by atoms with E-state index in [0.717, 1.165) is 39.8 Å². The van der Waals surface area contributed by atoms with Crippen molar-refractivity contribution in [2.24, 2.45) is 0 Å². The van der Waals surface area contributed by atoms with Crippen LogP contribution in [-0.2, 0) is 19.4 Å². The summed E-state index contributed by atoms with van der Waals surface area (Å²) in [6, 6.07) is 10.0. The molecule has 1 N–H and O–H groups in total. The van der Waals surface area contributed by atoms with Crippen molar-refractivity contribution in [1.29, 1.82) is 0 Å². The van der Waals surface area contributed by atoms with Crippen LogP contribution < -0.4 is 5.32 Å². The van der Waals surface area contributed by atoms with Crippen LogP contribution in [0.15, 0.2) is 42.7 Å². The molecule has 2 heterocycles. The van der Waals surface area contributed by atoms with E-state index in [0.29, 0.717) is 0 Å². The van der Waals surface area contributed by atoms with Gasteiger partial charge in [0.1, 0.15) is 5.01 Å². The van der Waals surface area contributed by atoms with Crippen LogP contribution >= 0.6 is 22.9 Å². The third-order valence-electron chi connectivity index (χ3n) is 4.00. The van der Waals surface area contributed by atoms with Gasteiger partial charge < -0.3 is 5.32 Å². The van der Waals surface area contributed by atoms with Crippen molar-refractivity contribution >= 4 is 28.6 Å². The fraction of sp³-hybridized carbons (Fsp3) is 0.222. The number of benzene rings is 1. The lowest BCUT2D eigenvalue weighted by molar-refractivity contribution is 0.891. The fourth-order valence-electron chi connectivity index (χ4n) is 2.90. The van der Waals surface area contributed by atoms with E-state index in [1.807, 2.05) is 35.6 Å². The summed E-state index contributed by atoms with van der Waals surface area (Å²) in [5.74, 6) is 0. The molecular weight excluding hydrogens is 326 g/mol. The second-order valence-corrected chi connectivity index (χ2v) is 7.25. The first-order chi connectivity index (χ1) is 11.3. The number of hydrogen-bond acceptors (Lipinski definition) is 4. The van der Waals surface area contributed by atoms with Gasteiger partial charge in [0.2, 0.25) is 0 Å². The van der Waals surface area contributed by atoms with Crippen LogP contribution in [0.2, 0.25) is 5.02 Å². The van der Waals surface area contributed by atoms with Gasteiger partial charge in [-0.15, -0.1) is 11.3 Å². The van der Waals surface area contributed by atoms with Crippen LogP contribution in [0, 0.1) is 0 Å². The highest BCUT2D eigenvalue weighted by Gasteiger charge is 2.16. The minimum absolute atomic E-state index is 0.725. The first-order valence-electron chi connectivity index (χ1n) is 7.70. The van der Waals surface area contributed by atoms with Crippen LogP contribution in [-0.4, -0.2) is 9.97 Å². The summed E-state index contributed by atoms with van der Waals surface area (Å²) in [6.07, 6.45) is 7.16. The van der Waals surface area contributed by atoms with Gasteiger partial charge in [-0.25, -0.2) is 4.98 Å². The van der Waals surface area contributed by atoms with Crippen molar-refractivity contribution in [3.05, 3.63) is 63.3 Å². The molecule has 3 nitrogen and oxygen atoms in total. The Morgan fingerprint density at radius 1 is 1.09 bits per heavy atom. The summed E-state index contributed by atoms with van der Waals surface area (Å²) < 4.78 is 0. The number of pyridine rings is 1. The summed E-state index contributed by atoms with van der Waals surface area (Å²) in [6.45, 7) is 0.744. The van der Waals surface area contributed by atoms with Gasteiger partial charge in [0.25, 0.3) is 0 Å². The topological polar surface area (TPSA) is 37.8 Å². The van der Waals surface area contributed by atoms with Crippen molar-refractivity contribution in [3.63, 3.8) is 0 Å². The predicted molar refractivity (Wildman–Crippen MR) is 96.1 cm³/mol. The van der Waals surface area contributed by atoms with Gasteiger partial charge in [-0.1, -0.05) is 11.6 Å². The molecule has 0 bridgehead atoms. The number of nitrogens with one attached hydrogen (secondary N) is 1. The Morgan fingerprint density at radius 3 is 2.78 bits per heavy atom. The molecule has 0 fully saturated rings. The molecule has 0 saturated heterocycles. The summed E-state index contributed by atoms with van der Waals surface area (Å²) in [7, 11) is 0. The summed E-state index contributed by atoms with van der Waals surface area (Å²) in [5, 5.41) is 5.33. The molecule has 5 heteroatoms. The van der Waals surface area contributed by atoms with Crippen LogP contribution in [0.5, 0.6) is 0 Å². The third kappa shape index (κ3) is 3.23. The quantitative estimate of drug-likeness (QED) is 0.728. The van der Waals surface area contributed by atoms with Crippen molar-refractivity contribution < 1.29 is 0 Å². The van der Waals surface area contributed by atoms with Crippen LogP contribution in [0.3, 0.4) is 0 Å². The van der Waals surface area contributed by atoms with Gasteiger partial charge in [0.05, 0.1) is 12.2 Å². The lowest BCUT2D eigenvalue weighted by Gasteiger charge is -2.09. The molecule has 1 aliphatic carbocycles. The highest BCUT2D eigenvalue weighted by Crippen LogP contribution is 2.29. The number of rotatable bonds is 4. The Balaban J connectivity index is 1.53. The van der Waals surface area contributed by atoms with E-state index >= 15 is 0 Å². The molecule has 0 spiro atoms. The third-order valence-corrected chi connectivity index (χ3v) is 5.37. The maximum Gasteiger partial charge on any atom is 0.112 e. The summed E-state index contributed by atoms with van der Waals surface area (Å²) >= 11 is 8.11. The number of anilines is 1. The van der Waals surface area contributed by atoms with E-state index in [4.69, 9.17) is 16.6 Å². The Labute approximate surface area is 144 Å². The van der Waals surface area contributed by atoms with Gasteiger partial charge in [0.15, 0.2) is 0 Å². The van der Waals surface area contributed by atoms with Crippen molar-refractivity contribution in [2.45, 2.75) is 25.8 Å². The van der Waals surface area contributed by atoms with Crippen LogP contribution in [0.1, 0.15) is 22.0 Å². The highest BCUT2D eigenvalue weighted by atomic mass is 35.5. The van der Waals surface area contributed by atoms with Gasteiger partial charge in [-0.05, 0) is 60.7 Å². The lowest BCUT2D eigenvalue weighted by atomic mass is 10.1. The fourth-order valence-corrected chi connectivity index (χ4v) is 4.23. The number of aryl methyl sites for hydroxylation is 2. The van der Waals surface area contributed by atoms with Crippen molar-refractivity contribution in [1.82, 2.24) is 9.97 Å². The number of fused-ring (bicyclic) bond motifs is 1. The molecule has 2 aromatic heterocycles. The molecule has 0 aliphatic heterocycles. The monoisotopic (exact) mass is 341 g/mol. The maximum atomic E-state index is 6.27. The van der Waals surface area contributed by atoms with Crippen molar-refractivity contribution in [3.8, 4) is 11.1 Å². The average molecular weight is 342 g/mol. The zero-order valence-corrected chi connectivity index (χ0v) is 14.1. The van der Waals surface area contributed by atoms with Crippen LogP contribution in [0.4, 0.5) is 5.69 Å². The van der Waals surface area contributed by atoms with Crippen LogP contribution in [0.25, 0.3) is 11.1 Å². The molecule has 3 aromatic rings. The smallest absolute Gasteiger partial charge is 0.112 e. The molecular formula is C18H16ClN3S. The van der Waals surface area contributed by atoms with Gasteiger partial charge in [0, 0.05) is 28.0 Å². The normalized spacial score (nSPS) is 13.1. The van der Waals surface area contributed by atoms with Gasteiger partial charge in [-0.2, -0.15) is 0 Å². The number of nitrogens with zero attached hydrogens (tertiary/aromatic N) is 2. The van der Waals surface area contributed by atoms with Gasteiger partial charge >= 0.3 is 0 Å². The van der Waals surface area contributed by atoms with E-state index < -0.39 is 0 Å². The van der Waals surface area contributed by atoms with E-state index in [1.165, 1.54) is 23.4 Å². The average Bonchev–Trinajstić information content (AvgIpc) is 3.15. The van der Waals surface area contributed by atoms with E-state index in [1.54, 1.807) is 12.4 Å². The van der Waals surface area contributed by atoms with E-state index in [9.17, 15) is 0 Å². The summed E-state index contributed by atoms with van der Waals surface area (Å²) in [4.78, 5) is 10.2. The highest BCUT2D eigenvalue weighted by molar-refractivity contribution is 7.11. The Morgan fingerprint density at radius 2 is 1.96 bits per heavy atom. The number of aromatic nitrogens is 2. The predicted octanol–water partition coefficient (Wildman–Crippen LogP) is 4.96. The van der Waals surface area contributed by atoms with Crippen molar-refractivity contribution in [2.75, 3.05) is 5.32 Å². The molecule has 0 amide bonds. The molecule has 1 aromatic carbocycles. The number of hydrogen-bond donors (Lipinski definition) is 1. The zero-order chi connectivity index (χ0) is 15.6. The van der Waals surface area contributed by atoms with E-state index in [-0.39, 0.29) is 0 Å². The zero-order valence-electron chi connectivity index (χ0n) is 12.6. The van der Waals surface area contributed by atoms with Gasteiger partial charge in [-0.3, -0.25) is 4.98 Å². The Kier molecular flexibility index (Phi) is 4.02. The molecule has 116 valence electrons. The molecule has 0 saturated carbocycles. The van der Waals surface area contributed by atoms with E-state index in [2.05, 4.69) is 16.4 Å². The second kappa shape index (κ2) is 6.30. The minimum Gasteiger partial charge on any atom is -0.378 e. The number of halogens is 1. The molecule has 0 unspecified atom stereocenters. The molecule has 0 atom stereocenters. The SMILES string of the molecule is Clc1cc(NCc2nc3c(s2)CCC3)cc(-c2ccncc2)c1. The molecule has 23 heavy (non-hydrogen) atoms. The minimum atomic E-state index is 0.725. The largest absolute Gasteiger partial charge is 0.378 e. The maximum absolute atomic E-state index is 6.27. The standard InChI is InChI=1S/C18H16ClN3S/c19-14-8-13(12-4-6-20-7-5-12)9-15(10-14)21-11-18-22-16-2-1-3-17(16)23-18/h4-10,21H,1-3,11H2. The lowest BCUT2D eigenvalue weighted by Crippen LogP contribution is -1.99. The molecule has 0 radical (unpaired) electrons. The second-order valence-electron chi connectivity index (χ2n) is 5.65. The number of thiazole rings is 1. The summed E-state index contributed by atoms with van der Waals surface area (Å²) in [5.41, 5.74) is 4.51. The first-order valence-corrected chi connectivity index (χ1v) is 8.90. The molecule has 1 aliphatic rings. The molecule has 4 rings (SSSR count).